The fourth-order valence-corrected chi connectivity index (χ4v) is 1.73. The Kier molecular flexibility index (Phi) is 3.66. The van der Waals surface area contributed by atoms with Gasteiger partial charge in [-0.25, -0.2) is 0 Å². The first-order chi connectivity index (χ1) is 8.88. The molecule has 1 N–H and O–H groups in total. The van der Waals surface area contributed by atoms with E-state index >= 15 is 0 Å². The molecule has 0 unspecified atom stereocenters. The monoisotopic (exact) mass is 290 g/mol. The lowest BCUT2D eigenvalue weighted by Gasteiger charge is -2.14. The molecule has 0 aliphatic heterocycles. The van der Waals surface area contributed by atoms with Crippen molar-refractivity contribution in [2.75, 3.05) is 5.32 Å². The van der Waals surface area contributed by atoms with Gasteiger partial charge < -0.3 is 5.32 Å². The summed E-state index contributed by atoms with van der Waals surface area (Å²) in [4.78, 5) is 0. The van der Waals surface area contributed by atoms with Crippen LogP contribution < -0.4 is 5.32 Å². The van der Waals surface area contributed by atoms with Crippen LogP contribution in [0.1, 0.15) is 11.3 Å². The first-order valence-corrected chi connectivity index (χ1v) is 5.70. The number of nitrogens with one attached hydrogen (secondary N) is 1. The minimum atomic E-state index is -4.46. The number of rotatable bonds is 3. The van der Waals surface area contributed by atoms with Gasteiger partial charge in [0.1, 0.15) is 0 Å². The minimum Gasteiger partial charge on any atom is -0.379 e. The average molecular weight is 291 g/mol. The molecule has 4 nitrogen and oxygen atoms in total. The molecule has 0 bridgehead atoms. The van der Waals surface area contributed by atoms with Crippen molar-refractivity contribution in [3.63, 3.8) is 0 Å². The maximum atomic E-state index is 12.8. The van der Waals surface area contributed by atoms with E-state index < -0.39 is 11.7 Å². The Morgan fingerprint density at radius 2 is 2.11 bits per heavy atom. The number of nitrogens with zero attached hydrogens (tertiary/aromatic N) is 3. The smallest absolute Gasteiger partial charge is 0.379 e. The van der Waals surface area contributed by atoms with Crippen LogP contribution in [0.2, 0.25) is 5.02 Å². The Morgan fingerprint density at radius 3 is 2.68 bits per heavy atom. The number of aryl methyl sites for hydroxylation is 1. The summed E-state index contributed by atoms with van der Waals surface area (Å²) in [6.45, 7) is 0.189. The number of hydrogen-bond acceptors (Lipinski definition) is 3. The summed E-state index contributed by atoms with van der Waals surface area (Å²) < 4.78 is 40.0. The van der Waals surface area contributed by atoms with Crippen molar-refractivity contribution < 1.29 is 13.2 Å². The van der Waals surface area contributed by atoms with Gasteiger partial charge in [0.25, 0.3) is 0 Å². The van der Waals surface area contributed by atoms with Crippen LogP contribution in [0.5, 0.6) is 0 Å². The molecule has 0 fully saturated rings. The number of aromatic nitrogens is 3. The second-order valence-electron chi connectivity index (χ2n) is 3.89. The molecular weight excluding hydrogens is 281 g/mol. The van der Waals surface area contributed by atoms with Crippen LogP contribution >= 0.6 is 11.6 Å². The normalized spacial score (nSPS) is 11.6. The molecule has 1 aromatic carbocycles. The molecule has 0 radical (unpaired) electrons. The third-order valence-corrected chi connectivity index (χ3v) is 2.79. The number of benzene rings is 1. The maximum Gasteiger partial charge on any atom is 0.418 e. The van der Waals surface area contributed by atoms with Crippen molar-refractivity contribution in [2.45, 2.75) is 12.7 Å². The van der Waals surface area contributed by atoms with Crippen LogP contribution in [0, 0.1) is 0 Å². The zero-order chi connectivity index (χ0) is 14.0. The molecule has 0 spiro atoms. The van der Waals surface area contributed by atoms with Crippen LogP contribution in [0.25, 0.3) is 0 Å². The summed E-state index contributed by atoms with van der Waals surface area (Å²) in [7, 11) is 1.66. The van der Waals surface area contributed by atoms with Gasteiger partial charge in [-0.15, -0.1) is 5.10 Å². The number of hydrogen-bond donors (Lipinski definition) is 1. The summed E-state index contributed by atoms with van der Waals surface area (Å²) in [5.74, 6) is 0. The standard InChI is InChI=1S/C11H10ClF3N4/c1-19-8(6-17-18-19)5-16-10-3-2-7(12)4-9(10)11(13,14)15/h2-4,6,16H,5H2,1H3. The van der Waals surface area contributed by atoms with Gasteiger partial charge in [0.2, 0.25) is 0 Å². The van der Waals surface area contributed by atoms with Crippen molar-refractivity contribution in [3.05, 3.63) is 40.7 Å². The van der Waals surface area contributed by atoms with E-state index in [1.165, 1.54) is 23.0 Å². The topological polar surface area (TPSA) is 42.7 Å². The molecule has 2 rings (SSSR count). The SMILES string of the molecule is Cn1nncc1CNc1ccc(Cl)cc1C(F)(F)F. The predicted octanol–water partition coefficient (Wildman–Crippen LogP) is 3.10. The molecule has 8 heteroatoms. The largest absolute Gasteiger partial charge is 0.418 e. The van der Waals surface area contributed by atoms with Gasteiger partial charge in [0.05, 0.1) is 24.0 Å². The fourth-order valence-electron chi connectivity index (χ4n) is 1.56. The second kappa shape index (κ2) is 5.08. The van der Waals surface area contributed by atoms with E-state index in [1.807, 2.05) is 0 Å². The lowest BCUT2D eigenvalue weighted by atomic mass is 10.1. The van der Waals surface area contributed by atoms with E-state index in [9.17, 15) is 13.2 Å². The number of alkyl halides is 3. The first kappa shape index (κ1) is 13.7. The molecule has 1 heterocycles. The van der Waals surface area contributed by atoms with Crippen LogP contribution in [0.15, 0.2) is 24.4 Å². The lowest BCUT2D eigenvalue weighted by molar-refractivity contribution is -0.136. The highest BCUT2D eigenvalue weighted by molar-refractivity contribution is 6.30. The molecule has 0 amide bonds. The molecule has 102 valence electrons. The van der Waals surface area contributed by atoms with Crippen LogP contribution in [-0.4, -0.2) is 15.0 Å². The summed E-state index contributed by atoms with van der Waals surface area (Å²) in [6.07, 6.45) is -2.98. The molecule has 2 aromatic rings. The summed E-state index contributed by atoms with van der Waals surface area (Å²) in [5, 5.41) is 10.1. The fraction of sp³-hybridized carbons (Fsp3) is 0.273. The lowest BCUT2D eigenvalue weighted by Crippen LogP contribution is -2.12. The van der Waals surface area contributed by atoms with Gasteiger partial charge in [-0.3, -0.25) is 4.68 Å². The molecule has 0 aliphatic rings. The minimum absolute atomic E-state index is 0.0295. The maximum absolute atomic E-state index is 12.8. The van der Waals surface area contributed by atoms with Gasteiger partial charge in [0.15, 0.2) is 0 Å². The number of halogens is 4. The van der Waals surface area contributed by atoms with E-state index in [2.05, 4.69) is 15.6 Å². The molecule has 19 heavy (non-hydrogen) atoms. The van der Waals surface area contributed by atoms with Crippen LogP contribution in [0.4, 0.5) is 18.9 Å². The Balaban J connectivity index is 2.23. The zero-order valence-electron chi connectivity index (χ0n) is 9.87. The Morgan fingerprint density at radius 1 is 1.37 bits per heavy atom. The third kappa shape index (κ3) is 3.17. The van der Waals surface area contributed by atoms with Gasteiger partial charge >= 0.3 is 6.18 Å². The van der Waals surface area contributed by atoms with Crippen molar-refractivity contribution in [3.8, 4) is 0 Å². The van der Waals surface area contributed by atoms with Crippen molar-refractivity contribution >= 4 is 17.3 Å². The van der Waals surface area contributed by atoms with E-state index in [0.717, 1.165) is 6.07 Å². The molecule has 0 atom stereocenters. The zero-order valence-corrected chi connectivity index (χ0v) is 10.6. The molecule has 0 saturated carbocycles. The van der Waals surface area contributed by atoms with E-state index in [4.69, 9.17) is 11.6 Å². The van der Waals surface area contributed by atoms with E-state index in [1.54, 1.807) is 7.05 Å². The molecular formula is C11H10ClF3N4. The quantitative estimate of drug-likeness (QED) is 0.944. The van der Waals surface area contributed by atoms with Crippen molar-refractivity contribution in [1.82, 2.24) is 15.0 Å². The summed E-state index contributed by atoms with van der Waals surface area (Å²) in [6, 6.07) is 3.60. The third-order valence-electron chi connectivity index (χ3n) is 2.56. The molecule has 0 aliphatic carbocycles. The predicted molar refractivity (Wildman–Crippen MR) is 64.8 cm³/mol. The highest BCUT2D eigenvalue weighted by Gasteiger charge is 2.33. The van der Waals surface area contributed by atoms with Crippen molar-refractivity contribution in [1.29, 1.82) is 0 Å². The van der Waals surface area contributed by atoms with Gasteiger partial charge in [-0.05, 0) is 18.2 Å². The van der Waals surface area contributed by atoms with E-state index in [0.29, 0.717) is 5.69 Å². The Labute approximate surface area is 112 Å². The van der Waals surface area contributed by atoms with Gasteiger partial charge in [0, 0.05) is 17.8 Å². The summed E-state index contributed by atoms with van der Waals surface area (Å²) in [5.41, 5.74) is -0.156. The Hall–Kier alpha value is -1.76. The van der Waals surface area contributed by atoms with Gasteiger partial charge in [-0.1, -0.05) is 16.8 Å². The average Bonchev–Trinajstić information content (AvgIpc) is 2.72. The molecule has 0 saturated heterocycles. The molecule has 1 aromatic heterocycles. The summed E-state index contributed by atoms with van der Waals surface area (Å²) >= 11 is 5.60. The van der Waals surface area contributed by atoms with Gasteiger partial charge in [-0.2, -0.15) is 13.2 Å². The number of anilines is 1. The first-order valence-electron chi connectivity index (χ1n) is 5.32. The highest BCUT2D eigenvalue weighted by Crippen LogP contribution is 2.36. The second-order valence-corrected chi connectivity index (χ2v) is 4.33. The van der Waals surface area contributed by atoms with Crippen LogP contribution in [0.3, 0.4) is 0 Å². The Bertz CT molecular complexity index is 580. The van der Waals surface area contributed by atoms with Crippen molar-refractivity contribution in [2.24, 2.45) is 7.05 Å². The van der Waals surface area contributed by atoms with E-state index in [-0.39, 0.29) is 17.3 Å². The highest BCUT2D eigenvalue weighted by atomic mass is 35.5. The van der Waals surface area contributed by atoms with Crippen LogP contribution in [-0.2, 0) is 19.8 Å².